The van der Waals surface area contributed by atoms with Crippen LogP contribution in [0.4, 0.5) is 5.69 Å². The summed E-state index contributed by atoms with van der Waals surface area (Å²) in [6.07, 6.45) is 3.92. The molecule has 2 aromatic rings. The van der Waals surface area contributed by atoms with Crippen molar-refractivity contribution in [1.82, 2.24) is 9.88 Å². The predicted octanol–water partition coefficient (Wildman–Crippen LogP) is 2.91. The van der Waals surface area contributed by atoms with Crippen LogP contribution in [0.3, 0.4) is 0 Å². The van der Waals surface area contributed by atoms with Gasteiger partial charge in [0.2, 0.25) is 5.91 Å². The molecule has 5 heteroatoms. The Balaban J connectivity index is 1.72. The van der Waals surface area contributed by atoms with Crippen LogP contribution in [0.2, 0.25) is 0 Å². The van der Waals surface area contributed by atoms with E-state index in [1.165, 1.54) is 0 Å². The zero-order valence-electron chi connectivity index (χ0n) is 14.7. The number of rotatable bonds is 5. The molecule has 1 aromatic heterocycles. The number of hydrogen-bond acceptors (Lipinski definition) is 3. The van der Waals surface area contributed by atoms with E-state index in [1.54, 1.807) is 22.1 Å². The molecule has 2 heterocycles. The van der Waals surface area contributed by atoms with Crippen molar-refractivity contribution in [2.24, 2.45) is 0 Å². The summed E-state index contributed by atoms with van der Waals surface area (Å²) in [4.78, 5) is 32.6. The maximum Gasteiger partial charge on any atom is 0.253 e. The highest BCUT2D eigenvalue weighted by atomic mass is 16.2. The lowest BCUT2D eigenvalue weighted by molar-refractivity contribution is -0.117. The van der Waals surface area contributed by atoms with Crippen LogP contribution in [0, 0.1) is 0 Å². The highest BCUT2D eigenvalue weighted by Gasteiger charge is 2.23. The van der Waals surface area contributed by atoms with Crippen LogP contribution in [0.1, 0.15) is 35.8 Å². The molecule has 1 aliphatic rings. The molecule has 0 unspecified atom stereocenters. The minimum atomic E-state index is -0.0445. The van der Waals surface area contributed by atoms with E-state index in [-0.39, 0.29) is 17.9 Å². The van der Waals surface area contributed by atoms with E-state index in [0.29, 0.717) is 18.4 Å². The van der Waals surface area contributed by atoms with Gasteiger partial charge in [-0.25, -0.2) is 0 Å². The Labute approximate surface area is 148 Å². The SMILES string of the molecule is C[C@@H](Cc1ccccn1)N(C)C(=O)c1cccc(N2CCCC2=O)c1. The summed E-state index contributed by atoms with van der Waals surface area (Å²) in [6, 6.07) is 13.2. The second kappa shape index (κ2) is 7.47. The fourth-order valence-corrected chi connectivity index (χ4v) is 3.09. The van der Waals surface area contributed by atoms with Gasteiger partial charge in [-0.2, -0.15) is 0 Å². The summed E-state index contributed by atoms with van der Waals surface area (Å²) in [7, 11) is 1.81. The number of carbonyl (C=O) groups excluding carboxylic acids is 2. The number of anilines is 1. The Morgan fingerprint density at radius 3 is 2.80 bits per heavy atom. The first-order valence-electron chi connectivity index (χ1n) is 8.64. The van der Waals surface area contributed by atoms with Gasteiger partial charge in [0.15, 0.2) is 0 Å². The standard InChI is InChI=1S/C20H23N3O2/c1-15(13-17-8-3-4-11-21-17)22(2)20(25)16-7-5-9-18(14-16)23-12-6-10-19(23)24/h3-5,7-9,11,14-15H,6,10,12-13H2,1-2H3/t15-/m0/s1. The summed E-state index contributed by atoms with van der Waals surface area (Å²) in [6.45, 7) is 2.74. The second-order valence-corrected chi connectivity index (χ2v) is 6.49. The highest BCUT2D eigenvalue weighted by Crippen LogP contribution is 2.23. The van der Waals surface area contributed by atoms with E-state index in [2.05, 4.69) is 4.98 Å². The lowest BCUT2D eigenvalue weighted by atomic mass is 10.1. The first kappa shape index (κ1) is 17.1. The van der Waals surface area contributed by atoms with Gasteiger partial charge < -0.3 is 9.80 Å². The number of likely N-dealkylation sites (N-methyl/N-ethyl adjacent to an activating group) is 1. The van der Waals surface area contributed by atoms with Crippen LogP contribution < -0.4 is 4.90 Å². The van der Waals surface area contributed by atoms with Gasteiger partial charge in [0.05, 0.1) is 0 Å². The summed E-state index contributed by atoms with van der Waals surface area (Å²) in [5.41, 5.74) is 2.37. The summed E-state index contributed by atoms with van der Waals surface area (Å²) < 4.78 is 0. The van der Waals surface area contributed by atoms with Crippen LogP contribution in [-0.4, -0.2) is 41.3 Å². The maximum atomic E-state index is 12.8. The lowest BCUT2D eigenvalue weighted by Gasteiger charge is -2.25. The number of hydrogen-bond donors (Lipinski definition) is 0. The van der Waals surface area contributed by atoms with Gasteiger partial charge in [-0.1, -0.05) is 12.1 Å². The van der Waals surface area contributed by atoms with Gasteiger partial charge in [-0.05, 0) is 43.7 Å². The monoisotopic (exact) mass is 337 g/mol. The normalized spacial score (nSPS) is 15.3. The molecule has 0 saturated carbocycles. The van der Waals surface area contributed by atoms with E-state index in [0.717, 1.165) is 24.3 Å². The molecule has 5 nitrogen and oxygen atoms in total. The van der Waals surface area contributed by atoms with E-state index >= 15 is 0 Å². The third-order valence-electron chi connectivity index (χ3n) is 4.69. The minimum absolute atomic E-state index is 0.0273. The Morgan fingerprint density at radius 2 is 2.12 bits per heavy atom. The molecule has 1 aliphatic heterocycles. The van der Waals surface area contributed by atoms with Gasteiger partial charge in [0.1, 0.15) is 0 Å². The molecule has 130 valence electrons. The fourth-order valence-electron chi connectivity index (χ4n) is 3.09. The third-order valence-corrected chi connectivity index (χ3v) is 4.69. The minimum Gasteiger partial charge on any atom is -0.339 e. The first-order chi connectivity index (χ1) is 12.1. The van der Waals surface area contributed by atoms with Gasteiger partial charge in [-0.3, -0.25) is 14.6 Å². The van der Waals surface area contributed by atoms with E-state index in [9.17, 15) is 9.59 Å². The second-order valence-electron chi connectivity index (χ2n) is 6.49. The maximum absolute atomic E-state index is 12.8. The number of nitrogens with zero attached hydrogens (tertiary/aromatic N) is 3. The molecule has 1 saturated heterocycles. The smallest absolute Gasteiger partial charge is 0.253 e. The van der Waals surface area contributed by atoms with Crippen LogP contribution in [0.5, 0.6) is 0 Å². The predicted molar refractivity (Wildman–Crippen MR) is 97.5 cm³/mol. The van der Waals surface area contributed by atoms with Gasteiger partial charge in [-0.15, -0.1) is 0 Å². The van der Waals surface area contributed by atoms with Crippen molar-refractivity contribution >= 4 is 17.5 Å². The quantitative estimate of drug-likeness (QED) is 0.843. The van der Waals surface area contributed by atoms with Crippen molar-refractivity contribution in [3.63, 3.8) is 0 Å². The summed E-state index contributed by atoms with van der Waals surface area (Å²) in [5.74, 6) is 0.0819. The Kier molecular flexibility index (Phi) is 5.12. The number of amides is 2. The Hall–Kier alpha value is -2.69. The zero-order chi connectivity index (χ0) is 17.8. The average molecular weight is 337 g/mol. The molecule has 0 spiro atoms. The number of aromatic nitrogens is 1. The molecule has 1 aromatic carbocycles. The fraction of sp³-hybridized carbons (Fsp3) is 0.350. The molecular formula is C20H23N3O2. The van der Waals surface area contributed by atoms with E-state index in [4.69, 9.17) is 0 Å². The zero-order valence-corrected chi connectivity index (χ0v) is 14.7. The number of pyridine rings is 1. The molecule has 2 amide bonds. The van der Waals surface area contributed by atoms with Crippen LogP contribution in [-0.2, 0) is 11.2 Å². The molecule has 0 radical (unpaired) electrons. The van der Waals surface area contributed by atoms with Gasteiger partial charge >= 0.3 is 0 Å². The molecule has 1 fully saturated rings. The highest BCUT2D eigenvalue weighted by molar-refractivity contribution is 5.99. The van der Waals surface area contributed by atoms with Crippen LogP contribution >= 0.6 is 0 Å². The molecule has 1 atom stereocenters. The van der Waals surface area contributed by atoms with E-state index in [1.807, 2.05) is 50.4 Å². The van der Waals surface area contributed by atoms with Crippen molar-refractivity contribution in [2.45, 2.75) is 32.2 Å². The summed E-state index contributed by atoms with van der Waals surface area (Å²) >= 11 is 0. The molecule has 0 N–H and O–H groups in total. The number of benzene rings is 1. The summed E-state index contributed by atoms with van der Waals surface area (Å²) in [5, 5.41) is 0. The third kappa shape index (κ3) is 3.87. The van der Waals surface area contributed by atoms with Gasteiger partial charge in [0, 0.05) is 55.6 Å². The Morgan fingerprint density at radius 1 is 1.28 bits per heavy atom. The van der Waals surface area contributed by atoms with Crippen molar-refractivity contribution in [2.75, 3.05) is 18.5 Å². The average Bonchev–Trinajstić information content (AvgIpc) is 3.07. The molecule has 3 rings (SSSR count). The van der Waals surface area contributed by atoms with Gasteiger partial charge in [0.25, 0.3) is 5.91 Å². The van der Waals surface area contributed by atoms with Crippen molar-refractivity contribution in [3.05, 3.63) is 59.9 Å². The molecule has 25 heavy (non-hydrogen) atoms. The lowest BCUT2D eigenvalue weighted by Crippen LogP contribution is -2.36. The topological polar surface area (TPSA) is 53.5 Å². The van der Waals surface area contributed by atoms with E-state index < -0.39 is 0 Å². The van der Waals surface area contributed by atoms with Crippen LogP contribution in [0.25, 0.3) is 0 Å². The molecule has 0 bridgehead atoms. The van der Waals surface area contributed by atoms with Crippen molar-refractivity contribution in [1.29, 1.82) is 0 Å². The van der Waals surface area contributed by atoms with Crippen molar-refractivity contribution in [3.8, 4) is 0 Å². The number of carbonyl (C=O) groups is 2. The largest absolute Gasteiger partial charge is 0.339 e. The van der Waals surface area contributed by atoms with Crippen molar-refractivity contribution < 1.29 is 9.59 Å². The molecular weight excluding hydrogens is 314 g/mol. The Bertz CT molecular complexity index is 761. The molecule has 0 aliphatic carbocycles. The first-order valence-corrected chi connectivity index (χ1v) is 8.64. The van der Waals surface area contributed by atoms with Crippen LogP contribution in [0.15, 0.2) is 48.7 Å².